The third-order valence-electron chi connectivity index (χ3n) is 6.05. The molecule has 2 N–H and O–H groups in total. The molecule has 1 heterocycles. The number of aryl methyl sites for hydroxylation is 3. The van der Waals surface area contributed by atoms with Crippen LogP contribution in [0.25, 0.3) is 21.9 Å². The summed E-state index contributed by atoms with van der Waals surface area (Å²) in [6.45, 7) is 6.31. The predicted molar refractivity (Wildman–Crippen MR) is 136 cm³/mol. The monoisotopic (exact) mass is 459 g/mol. The van der Waals surface area contributed by atoms with Gasteiger partial charge in [-0.3, -0.25) is 14.7 Å². The molecule has 0 fully saturated rings. The maximum absolute atomic E-state index is 13.3. The maximum Gasteiger partial charge on any atom is 0.320 e. The van der Waals surface area contributed by atoms with Crippen molar-refractivity contribution in [3.63, 3.8) is 0 Å². The van der Waals surface area contributed by atoms with Gasteiger partial charge in [0, 0.05) is 29.6 Å². The van der Waals surface area contributed by atoms with Crippen LogP contribution in [0.3, 0.4) is 0 Å². The molecule has 0 saturated heterocycles. The number of benzene rings is 3. The maximum atomic E-state index is 13.3. The number of carbonyl (C=O) groups is 1. The number of hydrogen-bond donors (Lipinski definition) is 2. The van der Waals surface area contributed by atoms with E-state index in [0.29, 0.717) is 16.2 Å². The van der Waals surface area contributed by atoms with Gasteiger partial charge in [-0.15, -0.1) is 0 Å². The zero-order valence-corrected chi connectivity index (χ0v) is 19.9. The fourth-order valence-electron chi connectivity index (χ4n) is 4.02. The number of amides is 2. The van der Waals surface area contributed by atoms with Crippen LogP contribution >= 0.6 is 11.6 Å². The van der Waals surface area contributed by atoms with E-state index in [1.807, 2.05) is 75.4 Å². The zero-order valence-electron chi connectivity index (χ0n) is 19.1. The second kappa shape index (κ2) is 9.12. The van der Waals surface area contributed by atoms with Gasteiger partial charge in [0.15, 0.2) is 0 Å². The van der Waals surface area contributed by atoms with Crippen LogP contribution in [-0.2, 0) is 13.6 Å². The number of nitrogens with one attached hydrogen (secondary N) is 2. The van der Waals surface area contributed by atoms with E-state index in [1.165, 1.54) is 4.57 Å². The summed E-state index contributed by atoms with van der Waals surface area (Å²) >= 11 is 6.21. The van der Waals surface area contributed by atoms with Gasteiger partial charge >= 0.3 is 6.03 Å². The lowest BCUT2D eigenvalue weighted by molar-refractivity contribution is 0.251. The first-order chi connectivity index (χ1) is 15.8. The molecule has 0 spiro atoms. The summed E-state index contributed by atoms with van der Waals surface area (Å²) in [6.07, 6.45) is 0. The molecule has 2 amide bonds. The first kappa shape index (κ1) is 22.6. The molecule has 5 nitrogen and oxygen atoms in total. The number of urea groups is 1. The summed E-state index contributed by atoms with van der Waals surface area (Å²) < 4.78 is 1.51. The highest BCUT2D eigenvalue weighted by Gasteiger charge is 2.20. The fraction of sp³-hybridized carbons (Fsp3) is 0.185. The van der Waals surface area contributed by atoms with E-state index in [0.717, 1.165) is 38.8 Å². The van der Waals surface area contributed by atoms with E-state index in [1.54, 1.807) is 13.1 Å². The number of nitrogens with zero attached hydrogens (tertiary/aromatic N) is 1. The molecule has 0 unspecified atom stereocenters. The van der Waals surface area contributed by atoms with Gasteiger partial charge < -0.3 is 5.32 Å². The number of pyridine rings is 1. The van der Waals surface area contributed by atoms with Crippen molar-refractivity contribution in [3.8, 4) is 11.1 Å². The van der Waals surface area contributed by atoms with E-state index in [4.69, 9.17) is 11.6 Å². The molecule has 4 aromatic rings. The number of fused-ring (bicyclic) bond motifs is 1. The van der Waals surface area contributed by atoms with Gasteiger partial charge in [0.2, 0.25) is 0 Å². The molecule has 0 aliphatic rings. The van der Waals surface area contributed by atoms with Crippen molar-refractivity contribution in [2.45, 2.75) is 27.3 Å². The average Bonchev–Trinajstić information content (AvgIpc) is 2.79. The molecule has 6 heteroatoms. The van der Waals surface area contributed by atoms with Gasteiger partial charge in [-0.25, -0.2) is 4.79 Å². The van der Waals surface area contributed by atoms with E-state index in [-0.39, 0.29) is 12.1 Å². The highest BCUT2D eigenvalue weighted by atomic mass is 35.5. The van der Waals surface area contributed by atoms with Crippen molar-refractivity contribution in [2.75, 3.05) is 5.32 Å². The molecule has 3 aromatic carbocycles. The van der Waals surface area contributed by atoms with Crippen molar-refractivity contribution >= 4 is 34.2 Å². The highest BCUT2D eigenvalue weighted by molar-refractivity contribution is 6.31. The number of carbonyl (C=O) groups excluding carboxylic acids is 1. The molecule has 0 radical (unpaired) electrons. The Hall–Kier alpha value is -3.57. The smallest absolute Gasteiger partial charge is 0.320 e. The van der Waals surface area contributed by atoms with Crippen LogP contribution in [0.4, 0.5) is 10.6 Å². The number of hydrogen-bond acceptors (Lipinski definition) is 2. The molecule has 0 aliphatic heterocycles. The topological polar surface area (TPSA) is 63.1 Å². The Morgan fingerprint density at radius 2 is 1.55 bits per heavy atom. The van der Waals surface area contributed by atoms with Gasteiger partial charge in [0.05, 0.1) is 0 Å². The van der Waals surface area contributed by atoms with Crippen LogP contribution in [0, 0.1) is 20.8 Å². The molecule has 0 saturated carbocycles. The molecular formula is C27H26ClN3O2. The Morgan fingerprint density at radius 3 is 2.24 bits per heavy atom. The van der Waals surface area contributed by atoms with Crippen molar-refractivity contribution in [2.24, 2.45) is 7.05 Å². The summed E-state index contributed by atoms with van der Waals surface area (Å²) in [5.41, 5.74) is 5.62. The molecule has 0 aliphatic carbocycles. The zero-order chi connectivity index (χ0) is 23.7. The summed E-state index contributed by atoms with van der Waals surface area (Å²) in [5, 5.41) is 7.81. The largest absolute Gasteiger partial charge is 0.334 e. The van der Waals surface area contributed by atoms with Crippen LogP contribution in [0.5, 0.6) is 0 Å². The average molecular weight is 460 g/mol. The number of anilines is 1. The van der Waals surface area contributed by atoms with Gasteiger partial charge in [-0.2, -0.15) is 0 Å². The van der Waals surface area contributed by atoms with Crippen LogP contribution in [0.1, 0.15) is 22.3 Å². The number of halogens is 1. The quantitative estimate of drug-likeness (QED) is 0.387. The Kier molecular flexibility index (Phi) is 6.25. The molecular weight excluding hydrogens is 434 g/mol. The van der Waals surface area contributed by atoms with Gasteiger partial charge in [-0.1, -0.05) is 60.1 Å². The Balaban J connectivity index is 1.84. The normalized spacial score (nSPS) is 10.9. The van der Waals surface area contributed by atoms with Gasteiger partial charge in [-0.05, 0) is 66.1 Å². The summed E-state index contributed by atoms with van der Waals surface area (Å²) in [7, 11) is 1.68. The molecule has 33 heavy (non-hydrogen) atoms. The van der Waals surface area contributed by atoms with Crippen LogP contribution in [0.2, 0.25) is 5.02 Å². The van der Waals surface area contributed by atoms with Crippen LogP contribution < -0.4 is 16.2 Å². The third-order valence-corrected chi connectivity index (χ3v) is 6.42. The van der Waals surface area contributed by atoms with Crippen molar-refractivity contribution in [1.82, 2.24) is 9.88 Å². The van der Waals surface area contributed by atoms with Gasteiger partial charge in [0.25, 0.3) is 5.56 Å². The fourth-order valence-corrected chi connectivity index (χ4v) is 4.22. The first-order valence-corrected chi connectivity index (χ1v) is 11.1. The number of aromatic nitrogens is 1. The SMILES string of the molecule is Cc1cc2c(-c3ccccc3C)c(NC(=O)NCc3ccccc3Cl)n(C)c(=O)c2cc1C. The summed E-state index contributed by atoms with van der Waals surface area (Å²) in [4.78, 5) is 26.2. The van der Waals surface area contributed by atoms with Crippen LogP contribution in [-0.4, -0.2) is 10.6 Å². The minimum Gasteiger partial charge on any atom is -0.334 e. The van der Waals surface area contributed by atoms with Crippen LogP contribution in [0.15, 0.2) is 65.5 Å². The van der Waals surface area contributed by atoms with Crippen molar-refractivity contribution < 1.29 is 4.79 Å². The predicted octanol–water partition coefficient (Wildman–Crippen LogP) is 6.11. The lowest BCUT2D eigenvalue weighted by atomic mass is 9.93. The molecule has 168 valence electrons. The highest BCUT2D eigenvalue weighted by Crippen LogP contribution is 2.36. The number of rotatable bonds is 4. The van der Waals surface area contributed by atoms with Crippen molar-refractivity contribution in [1.29, 1.82) is 0 Å². The standard InChI is InChI=1S/C27H26ClN3O2/c1-16-9-5-7-11-20(16)24-21-13-17(2)18(3)14-22(21)26(32)31(4)25(24)30-27(33)29-15-19-10-6-8-12-23(19)28/h5-14H,15H2,1-4H3,(H2,29,30,33). The Morgan fingerprint density at radius 1 is 0.909 bits per heavy atom. The molecule has 0 atom stereocenters. The summed E-state index contributed by atoms with van der Waals surface area (Å²) in [5.74, 6) is 0.446. The Bertz CT molecular complexity index is 1440. The molecule has 0 bridgehead atoms. The van der Waals surface area contributed by atoms with Gasteiger partial charge in [0.1, 0.15) is 5.82 Å². The molecule has 4 rings (SSSR count). The van der Waals surface area contributed by atoms with E-state index in [9.17, 15) is 9.59 Å². The lowest BCUT2D eigenvalue weighted by Crippen LogP contribution is -2.32. The lowest BCUT2D eigenvalue weighted by Gasteiger charge is -2.20. The first-order valence-electron chi connectivity index (χ1n) is 10.8. The van der Waals surface area contributed by atoms with E-state index < -0.39 is 6.03 Å². The molecule has 1 aromatic heterocycles. The van der Waals surface area contributed by atoms with E-state index in [2.05, 4.69) is 10.6 Å². The second-order valence-corrected chi connectivity index (χ2v) is 8.69. The third kappa shape index (κ3) is 4.37. The summed E-state index contributed by atoms with van der Waals surface area (Å²) in [6, 6.07) is 18.9. The van der Waals surface area contributed by atoms with E-state index >= 15 is 0 Å². The van der Waals surface area contributed by atoms with Crippen molar-refractivity contribution in [3.05, 3.63) is 98.3 Å². The second-order valence-electron chi connectivity index (χ2n) is 8.28. The Labute approximate surface area is 198 Å². The minimum atomic E-state index is -0.414. The minimum absolute atomic E-state index is 0.160.